The molecule has 0 spiro atoms. The zero-order valence-corrected chi connectivity index (χ0v) is 14.0. The molecular formula is C19H21FN3O2+. The van der Waals surface area contributed by atoms with Gasteiger partial charge in [0.25, 0.3) is 0 Å². The van der Waals surface area contributed by atoms with Gasteiger partial charge in [-0.05, 0) is 42.0 Å². The van der Waals surface area contributed by atoms with Crippen LogP contribution >= 0.6 is 0 Å². The number of nitrogens with two attached hydrogens (primary N) is 2. The van der Waals surface area contributed by atoms with Gasteiger partial charge in [-0.15, -0.1) is 0 Å². The van der Waals surface area contributed by atoms with E-state index in [2.05, 4.69) is 4.99 Å². The van der Waals surface area contributed by atoms with Gasteiger partial charge in [0.1, 0.15) is 23.9 Å². The number of benzene rings is 2. The second-order valence-electron chi connectivity index (χ2n) is 5.39. The molecule has 0 aliphatic heterocycles. The van der Waals surface area contributed by atoms with Crippen molar-refractivity contribution >= 4 is 12.1 Å². The summed E-state index contributed by atoms with van der Waals surface area (Å²) in [5.74, 6) is 0.737. The summed E-state index contributed by atoms with van der Waals surface area (Å²) in [6.07, 6.45) is 2.27. The van der Waals surface area contributed by atoms with Gasteiger partial charge in [-0.1, -0.05) is 12.1 Å². The number of aldehydes is 1. The largest absolute Gasteiger partial charge is 0.497 e. The normalized spacial score (nSPS) is 12.1. The molecule has 2 aromatic carbocycles. The number of allylic oxidation sites excluding steroid dienone is 1. The lowest BCUT2D eigenvalue weighted by atomic mass is 10.2. The first kappa shape index (κ1) is 18.4. The fourth-order valence-electron chi connectivity index (χ4n) is 2.13. The summed E-state index contributed by atoms with van der Waals surface area (Å²) in [7, 11) is 1.61. The number of carbonyl (C=O) groups excluding carboxylic acids is 1. The molecule has 0 aromatic heterocycles. The fourth-order valence-corrected chi connectivity index (χ4v) is 2.13. The third kappa shape index (κ3) is 6.19. The van der Waals surface area contributed by atoms with Gasteiger partial charge in [0.05, 0.1) is 13.7 Å². The maximum atomic E-state index is 12.9. The molecule has 0 bridgehead atoms. The van der Waals surface area contributed by atoms with Crippen molar-refractivity contribution in [3.8, 4) is 5.75 Å². The zero-order valence-electron chi connectivity index (χ0n) is 14.0. The Morgan fingerprint density at radius 1 is 1.16 bits per heavy atom. The summed E-state index contributed by atoms with van der Waals surface area (Å²) in [6.45, 7) is 0.924. The maximum Gasteiger partial charge on any atom is 0.203 e. The monoisotopic (exact) mass is 342 g/mol. The van der Waals surface area contributed by atoms with Gasteiger partial charge in [0, 0.05) is 11.6 Å². The van der Waals surface area contributed by atoms with Crippen molar-refractivity contribution in [1.82, 2.24) is 0 Å². The van der Waals surface area contributed by atoms with Crippen LogP contribution in [-0.4, -0.2) is 19.2 Å². The lowest BCUT2D eigenvalue weighted by molar-refractivity contribution is -0.616. The minimum atomic E-state index is -0.294. The standard InChI is InChI=1S/C19H20FN3O2/c1-25-18-8-4-15(5-9-18)11-22-17(13-24)10-19(21)23-12-14-2-6-16(20)7-3-14/h2-10,13,22H,11-12H2,1H3,(H2,21,23)/p+1/b17-10-. The van der Waals surface area contributed by atoms with Gasteiger partial charge < -0.3 is 15.8 Å². The number of methoxy groups -OCH3 is 1. The fraction of sp³-hybridized carbons (Fsp3) is 0.158. The Kier molecular flexibility index (Phi) is 6.86. The van der Waals surface area contributed by atoms with Crippen molar-refractivity contribution in [3.63, 3.8) is 0 Å². The molecule has 0 heterocycles. The summed E-state index contributed by atoms with van der Waals surface area (Å²) >= 11 is 0. The number of carbonyl (C=O) groups is 1. The maximum absolute atomic E-state index is 12.9. The molecule has 2 rings (SSSR count). The van der Waals surface area contributed by atoms with E-state index in [1.54, 1.807) is 24.6 Å². The molecular weight excluding hydrogens is 321 g/mol. The number of quaternary nitrogens is 1. The third-order valence-corrected chi connectivity index (χ3v) is 3.54. The number of aliphatic imine (C=N–C) groups is 1. The van der Waals surface area contributed by atoms with Crippen molar-refractivity contribution in [1.29, 1.82) is 0 Å². The summed E-state index contributed by atoms with van der Waals surface area (Å²) in [6, 6.07) is 13.6. The molecule has 0 unspecified atom stereocenters. The first-order chi connectivity index (χ1) is 12.1. The third-order valence-electron chi connectivity index (χ3n) is 3.54. The molecule has 0 saturated carbocycles. The predicted molar refractivity (Wildman–Crippen MR) is 94.5 cm³/mol. The molecule has 0 fully saturated rings. The highest BCUT2D eigenvalue weighted by Gasteiger charge is 2.03. The first-order valence-electron chi connectivity index (χ1n) is 7.78. The summed E-state index contributed by atoms with van der Waals surface area (Å²) in [5, 5.41) is 1.79. The van der Waals surface area contributed by atoms with Crippen molar-refractivity contribution in [3.05, 3.63) is 77.2 Å². The number of ether oxygens (including phenoxy) is 1. The highest BCUT2D eigenvalue weighted by atomic mass is 19.1. The number of amidine groups is 1. The van der Waals surface area contributed by atoms with Gasteiger partial charge in [-0.25, -0.2) is 4.39 Å². The molecule has 0 aliphatic carbocycles. The van der Waals surface area contributed by atoms with Crippen LogP contribution in [0.25, 0.3) is 0 Å². The minimum absolute atomic E-state index is 0.248. The molecule has 0 atom stereocenters. The number of hydrogen-bond acceptors (Lipinski definition) is 3. The van der Waals surface area contributed by atoms with E-state index in [0.29, 0.717) is 18.8 Å². The van der Waals surface area contributed by atoms with Crippen LogP contribution in [0.15, 0.2) is 65.3 Å². The van der Waals surface area contributed by atoms with Crippen LogP contribution in [0, 0.1) is 5.82 Å². The Morgan fingerprint density at radius 2 is 1.80 bits per heavy atom. The average Bonchev–Trinajstić information content (AvgIpc) is 2.65. The smallest absolute Gasteiger partial charge is 0.203 e. The van der Waals surface area contributed by atoms with Crippen LogP contribution in [0.5, 0.6) is 5.75 Å². The van der Waals surface area contributed by atoms with Crippen LogP contribution < -0.4 is 15.8 Å². The van der Waals surface area contributed by atoms with Crippen molar-refractivity contribution in [2.24, 2.45) is 10.7 Å². The summed E-state index contributed by atoms with van der Waals surface area (Å²) in [4.78, 5) is 15.4. The van der Waals surface area contributed by atoms with Crippen molar-refractivity contribution < 1.29 is 19.2 Å². The van der Waals surface area contributed by atoms with Crippen LogP contribution in [0.3, 0.4) is 0 Å². The molecule has 0 aliphatic rings. The second-order valence-corrected chi connectivity index (χ2v) is 5.39. The highest BCUT2D eigenvalue weighted by Crippen LogP contribution is 2.10. The van der Waals surface area contributed by atoms with Gasteiger partial charge in [0.2, 0.25) is 6.29 Å². The topological polar surface area (TPSA) is 81.3 Å². The van der Waals surface area contributed by atoms with Crippen LogP contribution in [0.2, 0.25) is 0 Å². The lowest BCUT2D eigenvalue weighted by Gasteiger charge is -2.03. The van der Waals surface area contributed by atoms with E-state index < -0.39 is 0 Å². The van der Waals surface area contributed by atoms with Gasteiger partial charge >= 0.3 is 0 Å². The van der Waals surface area contributed by atoms with Crippen LogP contribution in [-0.2, 0) is 17.9 Å². The van der Waals surface area contributed by atoms with E-state index in [1.807, 2.05) is 24.3 Å². The van der Waals surface area contributed by atoms with E-state index in [9.17, 15) is 9.18 Å². The quantitative estimate of drug-likeness (QED) is 0.330. The zero-order chi connectivity index (χ0) is 18.1. The Hall–Kier alpha value is -2.99. The van der Waals surface area contributed by atoms with E-state index in [0.717, 1.165) is 23.2 Å². The molecule has 0 amide bonds. The number of hydrogen-bond donors (Lipinski definition) is 2. The molecule has 0 saturated heterocycles. The number of rotatable bonds is 8. The molecule has 6 heteroatoms. The summed E-state index contributed by atoms with van der Waals surface area (Å²) < 4.78 is 18.0. The van der Waals surface area contributed by atoms with E-state index in [-0.39, 0.29) is 11.7 Å². The van der Waals surface area contributed by atoms with Gasteiger partial charge in [0.15, 0.2) is 5.70 Å². The molecule has 4 N–H and O–H groups in total. The minimum Gasteiger partial charge on any atom is -0.497 e. The SMILES string of the molecule is COc1ccc(C[NH2+]/C(C=O)=C\C(N)=NCc2ccc(F)cc2)cc1. The molecule has 5 nitrogen and oxygen atoms in total. The molecule has 130 valence electrons. The Bertz CT molecular complexity index is 753. The van der Waals surface area contributed by atoms with Gasteiger partial charge in [-0.2, -0.15) is 0 Å². The van der Waals surface area contributed by atoms with Crippen molar-refractivity contribution in [2.75, 3.05) is 7.11 Å². The van der Waals surface area contributed by atoms with Crippen LogP contribution in [0.4, 0.5) is 4.39 Å². The van der Waals surface area contributed by atoms with Crippen LogP contribution in [0.1, 0.15) is 11.1 Å². The molecule has 0 radical (unpaired) electrons. The predicted octanol–water partition coefficient (Wildman–Crippen LogP) is 1.54. The highest BCUT2D eigenvalue weighted by molar-refractivity contribution is 5.95. The van der Waals surface area contributed by atoms with E-state index in [1.165, 1.54) is 18.2 Å². The second kappa shape index (κ2) is 9.34. The average molecular weight is 342 g/mol. The van der Waals surface area contributed by atoms with Crippen molar-refractivity contribution in [2.45, 2.75) is 13.1 Å². The Morgan fingerprint density at radius 3 is 2.40 bits per heavy atom. The number of halogens is 1. The molecule has 2 aromatic rings. The van der Waals surface area contributed by atoms with E-state index >= 15 is 0 Å². The van der Waals surface area contributed by atoms with Gasteiger partial charge in [-0.3, -0.25) is 9.79 Å². The number of nitrogens with zero attached hydrogens (tertiary/aromatic N) is 1. The summed E-state index contributed by atoms with van der Waals surface area (Å²) in [5.41, 5.74) is 8.19. The first-order valence-corrected chi connectivity index (χ1v) is 7.78. The molecule has 25 heavy (non-hydrogen) atoms. The lowest BCUT2D eigenvalue weighted by Crippen LogP contribution is -2.81. The Labute approximate surface area is 146 Å². The Balaban J connectivity index is 1.93. The van der Waals surface area contributed by atoms with E-state index in [4.69, 9.17) is 10.5 Å².